The quantitative estimate of drug-likeness (QED) is 0.727. The van der Waals surface area contributed by atoms with Gasteiger partial charge in [0.15, 0.2) is 0 Å². The largest absolute Gasteiger partial charge is 0.329 e. The van der Waals surface area contributed by atoms with Gasteiger partial charge in [-0.2, -0.15) is 0 Å². The minimum atomic E-state index is 0.234. The molecule has 0 heterocycles. The normalized spacial score (nSPS) is 31.7. The predicted molar refractivity (Wildman–Crippen MR) is 62.3 cm³/mol. The van der Waals surface area contributed by atoms with Crippen molar-refractivity contribution in [1.29, 1.82) is 0 Å². The molecular formula is C12H26N2. The van der Waals surface area contributed by atoms with Gasteiger partial charge in [-0.1, -0.05) is 27.2 Å². The van der Waals surface area contributed by atoms with Gasteiger partial charge in [-0.3, -0.25) is 0 Å². The van der Waals surface area contributed by atoms with Crippen molar-refractivity contribution in [3.8, 4) is 0 Å². The van der Waals surface area contributed by atoms with Crippen LogP contribution in [0.1, 0.15) is 52.9 Å². The first kappa shape index (κ1) is 12.0. The van der Waals surface area contributed by atoms with Crippen LogP contribution >= 0.6 is 0 Å². The lowest BCUT2D eigenvalue weighted by Crippen LogP contribution is -2.55. The van der Waals surface area contributed by atoms with Gasteiger partial charge >= 0.3 is 0 Å². The van der Waals surface area contributed by atoms with Crippen molar-refractivity contribution in [2.45, 2.75) is 58.4 Å². The summed E-state index contributed by atoms with van der Waals surface area (Å²) in [6, 6.07) is 0. The summed E-state index contributed by atoms with van der Waals surface area (Å²) >= 11 is 0. The first-order chi connectivity index (χ1) is 6.54. The Balaban J connectivity index is 2.58. The maximum Gasteiger partial charge on any atom is 0.0309 e. The van der Waals surface area contributed by atoms with E-state index < -0.39 is 0 Å². The molecule has 0 aliphatic heterocycles. The third-order valence-corrected chi connectivity index (χ3v) is 3.47. The van der Waals surface area contributed by atoms with Crippen molar-refractivity contribution in [2.75, 3.05) is 13.1 Å². The van der Waals surface area contributed by atoms with Crippen LogP contribution in [0.5, 0.6) is 0 Å². The lowest BCUT2D eigenvalue weighted by Gasteiger charge is -2.45. The number of nitrogens with one attached hydrogen (secondary N) is 1. The Labute approximate surface area is 88.6 Å². The molecule has 1 unspecified atom stereocenters. The molecule has 0 spiro atoms. The minimum absolute atomic E-state index is 0.234. The molecule has 2 nitrogen and oxygen atoms in total. The fourth-order valence-corrected chi connectivity index (χ4v) is 2.79. The molecule has 0 saturated heterocycles. The van der Waals surface area contributed by atoms with E-state index >= 15 is 0 Å². The molecule has 0 bridgehead atoms. The van der Waals surface area contributed by atoms with Crippen LogP contribution in [-0.4, -0.2) is 18.6 Å². The second-order valence-electron chi connectivity index (χ2n) is 5.61. The van der Waals surface area contributed by atoms with Gasteiger partial charge in [-0.15, -0.1) is 0 Å². The van der Waals surface area contributed by atoms with E-state index in [1.807, 2.05) is 0 Å². The smallest absolute Gasteiger partial charge is 0.0309 e. The molecule has 0 aromatic carbocycles. The summed E-state index contributed by atoms with van der Waals surface area (Å²) < 4.78 is 0. The van der Waals surface area contributed by atoms with Crippen molar-refractivity contribution in [3.05, 3.63) is 0 Å². The van der Waals surface area contributed by atoms with Gasteiger partial charge in [0.1, 0.15) is 0 Å². The molecule has 3 N–H and O–H groups in total. The molecule has 1 rings (SSSR count). The monoisotopic (exact) mass is 198 g/mol. The zero-order chi connectivity index (χ0) is 10.7. The van der Waals surface area contributed by atoms with Crippen LogP contribution in [0.3, 0.4) is 0 Å². The summed E-state index contributed by atoms with van der Waals surface area (Å²) in [7, 11) is 0. The summed E-state index contributed by atoms with van der Waals surface area (Å²) in [6.07, 6.45) is 6.36. The Morgan fingerprint density at radius 3 is 2.50 bits per heavy atom. The highest BCUT2D eigenvalue weighted by Crippen LogP contribution is 2.40. The van der Waals surface area contributed by atoms with Gasteiger partial charge in [0.05, 0.1) is 0 Å². The van der Waals surface area contributed by atoms with Crippen LogP contribution in [0.15, 0.2) is 0 Å². The van der Waals surface area contributed by atoms with E-state index in [1.165, 1.54) is 32.1 Å². The van der Waals surface area contributed by atoms with Crippen molar-refractivity contribution < 1.29 is 0 Å². The summed E-state index contributed by atoms with van der Waals surface area (Å²) in [5.41, 5.74) is 6.64. The van der Waals surface area contributed by atoms with Crippen LogP contribution in [-0.2, 0) is 0 Å². The molecule has 0 radical (unpaired) electrons. The second kappa shape index (κ2) is 4.63. The Kier molecular flexibility index (Phi) is 3.96. The lowest BCUT2D eigenvalue weighted by molar-refractivity contribution is 0.125. The Morgan fingerprint density at radius 2 is 2.00 bits per heavy atom. The molecule has 1 aliphatic carbocycles. The highest BCUT2D eigenvalue weighted by Gasteiger charge is 2.38. The molecule has 0 aromatic rings. The van der Waals surface area contributed by atoms with Crippen LogP contribution in [0.2, 0.25) is 0 Å². The molecule has 1 fully saturated rings. The molecule has 84 valence electrons. The molecule has 0 aromatic heterocycles. The van der Waals surface area contributed by atoms with Gasteiger partial charge in [0.2, 0.25) is 0 Å². The van der Waals surface area contributed by atoms with Gasteiger partial charge in [0.25, 0.3) is 0 Å². The maximum atomic E-state index is 5.94. The zero-order valence-corrected chi connectivity index (χ0v) is 10.0. The second-order valence-corrected chi connectivity index (χ2v) is 5.61. The van der Waals surface area contributed by atoms with Crippen LogP contribution in [0, 0.1) is 5.41 Å². The third kappa shape index (κ3) is 2.96. The average molecular weight is 198 g/mol. The molecule has 0 amide bonds. The fraction of sp³-hybridized carbons (Fsp3) is 1.00. The summed E-state index contributed by atoms with van der Waals surface area (Å²) in [5.74, 6) is 0. The molecule has 1 saturated carbocycles. The molecule has 2 heteroatoms. The molecule has 1 aliphatic rings. The van der Waals surface area contributed by atoms with E-state index in [2.05, 4.69) is 26.1 Å². The Hall–Kier alpha value is -0.0800. The van der Waals surface area contributed by atoms with Crippen LogP contribution in [0.4, 0.5) is 0 Å². The standard InChI is InChI=1S/C12H26N2/c1-4-8-14-12(10-13)7-5-6-11(2,3)9-12/h14H,4-10,13H2,1-3H3. The first-order valence-corrected chi connectivity index (χ1v) is 5.99. The van der Waals surface area contributed by atoms with E-state index in [0.717, 1.165) is 13.1 Å². The van der Waals surface area contributed by atoms with Crippen LogP contribution < -0.4 is 11.1 Å². The van der Waals surface area contributed by atoms with Crippen molar-refractivity contribution >= 4 is 0 Å². The number of nitrogens with two attached hydrogens (primary N) is 1. The van der Waals surface area contributed by atoms with E-state index in [0.29, 0.717) is 5.41 Å². The summed E-state index contributed by atoms with van der Waals surface area (Å²) in [4.78, 5) is 0. The Bertz CT molecular complexity index is 177. The lowest BCUT2D eigenvalue weighted by atomic mass is 9.68. The van der Waals surface area contributed by atoms with Gasteiger partial charge in [-0.05, 0) is 37.6 Å². The number of rotatable bonds is 4. The van der Waals surface area contributed by atoms with Gasteiger partial charge < -0.3 is 11.1 Å². The Morgan fingerprint density at radius 1 is 1.29 bits per heavy atom. The predicted octanol–water partition coefficient (Wildman–Crippen LogP) is 2.28. The first-order valence-electron chi connectivity index (χ1n) is 5.99. The number of hydrogen-bond acceptors (Lipinski definition) is 2. The SMILES string of the molecule is CCCNC1(CN)CCCC(C)(C)C1. The fourth-order valence-electron chi connectivity index (χ4n) is 2.79. The van der Waals surface area contributed by atoms with E-state index in [-0.39, 0.29) is 5.54 Å². The molecule has 14 heavy (non-hydrogen) atoms. The van der Waals surface area contributed by atoms with Crippen LogP contribution in [0.25, 0.3) is 0 Å². The van der Waals surface area contributed by atoms with Crippen molar-refractivity contribution in [1.82, 2.24) is 5.32 Å². The maximum absolute atomic E-state index is 5.94. The number of hydrogen-bond donors (Lipinski definition) is 2. The van der Waals surface area contributed by atoms with E-state index in [4.69, 9.17) is 5.73 Å². The van der Waals surface area contributed by atoms with Gasteiger partial charge in [0, 0.05) is 12.1 Å². The highest BCUT2D eigenvalue weighted by molar-refractivity contribution is 4.97. The zero-order valence-electron chi connectivity index (χ0n) is 10.0. The van der Waals surface area contributed by atoms with Crippen molar-refractivity contribution in [2.24, 2.45) is 11.1 Å². The summed E-state index contributed by atoms with van der Waals surface area (Å²) in [6.45, 7) is 8.84. The van der Waals surface area contributed by atoms with Gasteiger partial charge in [-0.25, -0.2) is 0 Å². The topological polar surface area (TPSA) is 38.0 Å². The molecule has 1 atom stereocenters. The highest BCUT2D eigenvalue weighted by atomic mass is 15.0. The van der Waals surface area contributed by atoms with E-state index in [1.54, 1.807) is 0 Å². The van der Waals surface area contributed by atoms with Crippen molar-refractivity contribution in [3.63, 3.8) is 0 Å². The van der Waals surface area contributed by atoms with E-state index in [9.17, 15) is 0 Å². The molecular weight excluding hydrogens is 172 g/mol. The minimum Gasteiger partial charge on any atom is -0.329 e. The summed E-state index contributed by atoms with van der Waals surface area (Å²) in [5, 5.41) is 3.67. The average Bonchev–Trinajstić information content (AvgIpc) is 2.13. The third-order valence-electron chi connectivity index (χ3n) is 3.47.